The number of anilines is 1. The maximum atomic E-state index is 13.3. The van der Waals surface area contributed by atoms with Gasteiger partial charge in [-0.05, 0) is 94.8 Å². The van der Waals surface area contributed by atoms with Gasteiger partial charge in [0.15, 0.2) is 0 Å². The number of aryl methyl sites for hydroxylation is 2. The number of H-pyrrole nitrogens is 1. The Morgan fingerprint density at radius 3 is 2.82 bits per heavy atom. The van der Waals surface area contributed by atoms with E-state index in [1.807, 2.05) is 25.1 Å². The molecule has 4 rings (SSSR count). The summed E-state index contributed by atoms with van der Waals surface area (Å²) in [6.07, 6.45) is 10.2. The summed E-state index contributed by atoms with van der Waals surface area (Å²) in [5, 5.41) is 6.54. The first-order valence-electron chi connectivity index (χ1n) is 12.3. The molecular weight excluding hydrogens is 412 g/mol. The van der Waals surface area contributed by atoms with Crippen LogP contribution in [0.15, 0.2) is 41.2 Å². The Morgan fingerprint density at radius 1 is 1.09 bits per heavy atom. The van der Waals surface area contributed by atoms with Gasteiger partial charge in [0.05, 0.1) is 0 Å². The third-order valence-electron chi connectivity index (χ3n) is 6.89. The minimum atomic E-state index is -0.120. The van der Waals surface area contributed by atoms with Crippen molar-refractivity contribution < 1.29 is 4.79 Å². The van der Waals surface area contributed by atoms with Crippen LogP contribution in [0.1, 0.15) is 65.3 Å². The molecule has 1 aromatic heterocycles. The lowest BCUT2D eigenvalue weighted by Gasteiger charge is -2.34. The number of fused-ring (bicyclic) bond motifs is 2. The van der Waals surface area contributed by atoms with E-state index in [4.69, 9.17) is 0 Å². The number of aromatic nitrogens is 1. The van der Waals surface area contributed by atoms with Gasteiger partial charge in [0.2, 0.25) is 0 Å². The van der Waals surface area contributed by atoms with E-state index in [0.29, 0.717) is 17.2 Å². The highest BCUT2D eigenvalue weighted by atomic mass is 16.1. The third kappa shape index (κ3) is 5.38. The van der Waals surface area contributed by atoms with Gasteiger partial charge in [0.1, 0.15) is 0 Å². The van der Waals surface area contributed by atoms with Gasteiger partial charge >= 0.3 is 0 Å². The van der Waals surface area contributed by atoms with Gasteiger partial charge < -0.3 is 20.5 Å². The second-order valence-electron chi connectivity index (χ2n) is 9.11. The van der Waals surface area contributed by atoms with Gasteiger partial charge in [-0.3, -0.25) is 9.59 Å². The van der Waals surface area contributed by atoms with E-state index < -0.39 is 0 Å². The monoisotopic (exact) mass is 448 g/mol. The van der Waals surface area contributed by atoms with Gasteiger partial charge in [0, 0.05) is 41.6 Å². The predicted octanol–water partition coefficient (Wildman–Crippen LogP) is 3.63. The molecular formula is C27H36N4O2. The second kappa shape index (κ2) is 10.8. The smallest absolute Gasteiger partial charge is 0.253 e. The van der Waals surface area contributed by atoms with Gasteiger partial charge in [-0.15, -0.1) is 0 Å². The second-order valence-corrected chi connectivity index (χ2v) is 9.11. The lowest BCUT2D eigenvalue weighted by molar-refractivity contribution is 0.0950. The molecule has 2 aliphatic rings. The van der Waals surface area contributed by atoms with Crippen molar-refractivity contribution in [3.63, 3.8) is 0 Å². The molecule has 176 valence electrons. The van der Waals surface area contributed by atoms with Crippen LogP contribution >= 0.6 is 0 Å². The minimum Gasteiger partial charge on any atom is -0.369 e. The first-order valence-corrected chi connectivity index (χ1v) is 12.3. The third-order valence-corrected chi connectivity index (χ3v) is 6.89. The molecule has 1 unspecified atom stereocenters. The molecule has 1 amide bonds. The number of allylic oxidation sites excluding steroid dienone is 2. The molecule has 2 aromatic rings. The van der Waals surface area contributed by atoms with Crippen LogP contribution in [0.3, 0.4) is 0 Å². The molecule has 0 aliphatic carbocycles. The van der Waals surface area contributed by atoms with Crippen molar-refractivity contribution in [2.45, 2.75) is 65.0 Å². The van der Waals surface area contributed by atoms with Crippen LogP contribution in [-0.4, -0.2) is 36.6 Å². The zero-order valence-corrected chi connectivity index (χ0v) is 19.9. The van der Waals surface area contributed by atoms with E-state index >= 15 is 0 Å². The quantitative estimate of drug-likeness (QED) is 0.627. The number of benzene rings is 1. The molecule has 2 aliphatic heterocycles. The van der Waals surface area contributed by atoms with Gasteiger partial charge in [-0.25, -0.2) is 0 Å². The van der Waals surface area contributed by atoms with Crippen LogP contribution in [0, 0.1) is 6.92 Å². The van der Waals surface area contributed by atoms with Crippen molar-refractivity contribution >= 4 is 11.6 Å². The van der Waals surface area contributed by atoms with Crippen LogP contribution in [0.4, 0.5) is 5.69 Å². The number of nitrogens with zero attached hydrogens (tertiary/aromatic N) is 1. The first-order chi connectivity index (χ1) is 16.1. The fourth-order valence-corrected chi connectivity index (χ4v) is 5.23. The molecule has 1 atom stereocenters. The van der Waals surface area contributed by atoms with E-state index in [2.05, 4.69) is 45.7 Å². The molecule has 1 fully saturated rings. The fourth-order valence-electron chi connectivity index (χ4n) is 5.23. The van der Waals surface area contributed by atoms with E-state index in [1.165, 1.54) is 6.42 Å². The summed E-state index contributed by atoms with van der Waals surface area (Å²) in [7, 11) is 0. The average Bonchev–Trinajstić information content (AvgIpc) is 3.08. The maximum Gasteiger partial charge on any atom is 0.253 e. The molecule has 0 saturated carbocycles. The fraction of sp³-hybridized carbons (Fsp3) is 0.481. The Morgan fingerprint density at radius 2 is 1.97 bits per heavy atom. The Kier molecular flexibility index (Phi) is 7.65. The Balaban J connectivity index is 1.69. The standard InChI is InChI=1S/C27H36N4O2/c1-3-31(21-10-8-15-28-16-14-21)25-13-7-12-23-22(25)11-6-4-5-9-20-17-19(2)30-27(33)24(20)18-29-26(23)32/h4,6-7,12-13,17,21,28H,3,5,8-11,14-16,18H2,1-2H3,(H,29,32)(H,30,33). The predicted molar refractivity (Wildman–Crippen MR) is 134 cm³/mol. The van der Waals surface area contributed by atoms with E-state index in [1.54, 1.807) is 0 Å². The SMILES string of the molecule is CCN(c1cccc2c1CC=CCCc1cc(C)[nH]c(=O)c1CNC2=O)C1CCCNCC1. The number of hydrogen-bond donors (Lipinski definition) is 3. The minimum absolute atomic E-state index is 0.112. The van der Waals surface area contributed by atoms with Crippen molar-refractivity contribution in [2.24, 2.45) is 0 Å². The van der Waals surface area contributed by atoms with Crippen LogP contribution in [0.2, 0.25) is 0 Å². The molecule has 0 bridgehead atoms. The lowest BCUT2D eigenvalue weighted by Crippen LogP contribution is -2.37. The summed E-state index contributed by atoms with van der Waals surface area (Å²) in [6, 6.07) is 8.56. The molecule has 3 heterocycles. The van der Waals surface area contributed by atoms with E-state index in [-0.39, 0.29) is 18.0 Å². The molecule has 6 nitrogen and oxygen atoms in total. The number of carbonyl (C=O) groups is 1. The molecule has 1 aromatic carbocycles. The summed E-state index contributed by atoms with van der Waals surface area (Å²) < 4.78 is 0. The molecule has 1 saturated heterocycles. The highest BCUT2D eigenvalue weighted by molar-refractivity contribution is 5.97. The van der Waals surface area contributed by atoms with Crippen molar-refractivity contribution in [2.75, 3.05) is 24.5 Å². The first kappa shape index (κ1) is 23.3. The summed E-state index contributed by atoms with van der Waals surface area (Å²) in [5.74, 6) is -0.120. The lowest BCUT2D eigenvalue weighted by atomic mass is 9.96. The van der Waals surface area contributed by atoms with Gasteiger partial charge in [0.25, 0.3) is 11.5 Å². The van der Waals surface area contributed by atoms with Crippen LogP contribution < -0.4 is 21.1 Å². The van der Waals surface area contributed by atoms with Crippen molar-refractivity contribution in [1.82, 2.24) is 15.6 Å². The zero-order chi connectivity index (χ0) is 23.2. The largest absolute Gasteiger partial charge is 0.369 e. The van der Waals surface area contributed by atoms with Crippen molar-refractivity contribution in [3.05, 3.63) is 74.7 Å². The Labute approximate surface area is 196 Å². The number of pyridine rings is 1. The molecule has 6 heteroatoms. The molecule has 33 heavy (non-hydrogen) atoms. The Bertz CT molecular complexity index is 1060. The van der Waals surface area contributed by atoms with E-state index in [0.717, 1.165) is 74.2 Å². The normalized spacial score (nSPS) is 19.3. The van der Waals surface area contributed by atoms with Gasteiger partial charge in [-0.1, -0.05) is 18.2 Å². The highest BCUT2D eigenvalue weighted by Gasteiger charge is 2.24. The molecule has 3 N–H and O–H groups in total. The van der Waals surface area contributed by atoms with Crippen molar-refractivity contribution in [3.8, 4) is 0 Å². The summed E-state index contributed by atoms with van der Waals surface area (Å²) in [5.41, 5.74) is 5.34. The molecule has 0 radical (unpaired) electrons. The summed E-state index contributed by atoms with van der Waals surface area (Å²) in [6.45, 7) is 7.36. The summed E-state index contributed by atoms with van der Waals surface area (Å²) in [4.78, 5) is 31.3. The zero-order valence-electron chi connectivity index (χ0n) is 19.9. The number of nitrogens with one attached hydrogen (secondary N) is 3. The topological polar surface area (TPSA) is 77.2 Å². The van der Waals surface area contributed by atoms with Crippen LogP contribution in [-0.2, 0) is 19.4 Å². The molecule has 0 spiro atoms. The highest BCUT2D eigenvalue weighted by Crippen LogP contribution is 2.30. The van der Waals surface area contributed by atoms with Crippen LogP contribution in [0.5, 0.6) is 0 Å². The number of hydrogen-bond acceptors (Lipinski definition) is 4. The van der Waals surface area contributed by atoms with E-state index in [9.17, 15) is 9.59 Å². The van der Waals surface area contributed by atoms with Crippen molar-refractivity contribution in [1.29, 1.82) is 0 Å². The number of amides is 1. The number of carbonyl (C=O) groups excluding carboxylic acids is 1. The van der Waals surface area contributed by atoms with Gasteiger partial charge in [-0.2, -0.15) is 0 Å². The number of rotatable bonds is 3. The number of aromatic amines is 1. The Hall–Kier alpha value is -2.86. The summed E-state index contributed by atoms with van der Waals surface area (Å²) >= 11 is 0. The average molecular weight is 449 g/mol. The maximum absolute atomic E-state index is 13.3. The van der Waals surface area contributed by atoms with Crippen LogP contribution in [0.25, 0.3) is 0 Å².